The quantitative estimate of drug-likeness (QED) is 0.720. The Balaban J connectivity index is 2.05. The number of hydrogen-bond acceptors (Lipinski definition) is 3. The van der Waals surface area contributed by atoms with Crippen LogP contribution in [-0.4, -0.2) is 10.7 Å². The molecule has 0 aliphatic carbocycles. The van der Waals surface area contributed by atoms with Crippen LogP contribution in [0.4, 0.5) is 0 Å². The van der Waals surface area contributed by atoms with Crippen LogP contribution in [-0.2, 0) is 5.88 Å². The SMILES string of the molecule is ClCc1cnc(C2CCCCS2)s1. The van der Waals surface area contributed by atoms with Crippen molar-refractivity contribution < 1.29 is 0 Å². The van der Waals surface area contributed by atoms with Crippen LogP contribution in [0.3, 0.4) is 0 Å². The largest absolute Gasteiger partial charge is 0.248 e. The third-order valence-corrected chi connectivity index (χ3v) is 5.25. The van der Waals surface area contributed by atoms with Gasteiger partial charge in [-0.1, -0.05) is 6.42 Å². The molecule has 2 rings (SSSR count). The van der Waals surface area contributed by atoms with E-state index in [0.29, 0.717) is 11.1 Å². The Morgan fingerprint density at radius 3 is 3.08 bits per heavy atom. The lowest BCUT2D eigenvalue weighted by Gasteiger charge is -2.18. The van der Waals surface area contributed by atoms with Gasteiger partial charge < -0.3 is 0 Å². The topological polar surface area (TPSA) is 12.9 Å². The molecule has 13 heavy (non-hydrogen) atoms. The van der Waals surface area contributed by atoms with Gasteiger partial charge in [0, 0.05) is 11.1 Å². The lowest BCUT2D eigenvalue weighted by molar-refractivity contribution is 0.684. The Labute approximate surface area is 91.9 Å². The fraction of sp³-hybridized carbons (Fsp3) is 0.667. The first-order valence-corrected chi connectivity index (χ1v) is 6.92. The molecule has 1 unspecified atom stereocenters. The number of alkyl halides is 1. The predicted octanol–water partition coefficient (Wildman–Crippen LogP) is 3.84. The second-order valence-corrected chi connectivity index (χ2v) is 5.88. The lowest BCUT2D eigenvalue weighted by Crippen LogP contribution is -2.01. The van der Waals surface area contributed by atoms with Crippen molar-refractivity contribution >= 4 is 34.7 Å². The van der Waals surface area contributed by atoms with E-state index < -0.39 is 0 Å². The molecule has 0 spiro atoms. The maximum Gasteiger partial charge on any atom is 0.106 e. The summed E-state index contributed by atoms with van der Waals surface area (Å²) in [5.74, 6) is 1.90. The van der Waals surface area contributed by atoms with Crippen LogP contribution >= 0.6 is 34.7 Å². The zero-order valence-electron chi connectivity index (χ0n) is 7.33. The molecule has 2 heterocycles. The molecule has 1 atom stereocenters. The Morgan fingerprint density at radius 1 is 1.54 bits per heavy atom. The first-order valence-electron chi connectivity index (χ1n) is 4.52. The van der Waals surface area contributed by atoms with Gasteiger partial charge in [0.1, 0.15) is 5.01 Å². The smallest absolute Gasteiger partial charge is 0.106 e. The average molecular weight is 234 g/mol. The van der Waals surface area contributed by atoms with Crippen LogP contribution in [0.1, 0.15) is 34.4 Å². The van der Waals surface area contributed by atoms with E-state index in [0.717, 1.165) is 0 Å². The number of thiazole rings is 1. The van der Waals surface area contributed by atoms with E-state index in [1.165, 1.54) is 34.9 Å². The zero-order valence-corrected chi connectivity index (χ0v) is 9.72. The highest BCUT2D eigenvalue weighted by atomic mass is 35.5. The molecule has 72 valence electrons. The standard InChI is InChI=1S/C9H12ClNS2/c10-5-7-6-11-9(13-7)8-3-1-2-4-12-8/h6,8H,1-5H2. The Bertz CT molecular complexity index is 268. The highest BCUT2D eigenvalue weighted by molar-refractivity contribution is 7.99. The summed E-state index contributed by atoms with van der Waals surface area (Å²) in [6.45, 7) is 0. The average Bonchev–Trinajstić information content (AvgIpc) is 2.67. The molecule has 0 saturated carbocycles. The summed E-state index contributed by atoms with van der Waals surface area (Å²) in [6, 6.07) is 0. The number of nitrogens with zero attached hydrogens (tertiary/aromatic N) is 1. The van der Waals surface area contributed by atoms with Gasteiger partial charge in [0.25, 0.3) is 0 Å². The summed E-state index contributed by atoms with van der Waals surface area (Å²) >= 11 is 9.56. The minimum Gasteiger partial charge on any atom is -0.248 e. The number of rotatable bonds is 2. The van der Waals surface area contributed by atoms with Gasteiger partial charge in [-0.3, -0.25) is 0 Å². The van der Waals surface area contributed by atoms with E-state index in [-0.39, 0.29) is 0 Å². The van der Waals surface area contributed by atoms with Crippen LogP contribution in [0, 0.1) is 0 Å². The summed E-state index contributed by atoms with van der Waals surface area (Å²) in [4.78, 5) is 5.62. The van der Waals surface area contributed by atoms with Crippen molar-refractivity contribution in [3.8, 4) is 0 Å². The third-order valence-electron chi connectivity index (χ3n) is 2.16. The molecule has 1 nitrogen and oxygen atoms in total. The maximum absolute atomic E-state index is 5.74. The second-order valence-electron chi connectivity index (χ2n) is 3.15. The summed E-state index contributed by atoms with van der Waals surface area (Å²) in [5.41, 5.74) is 0. The van der Waals surface area contributed by atoms with Crippen LogP contribution in [0.5, 0.6) is 0 Å². The fourth-order valence-electron chi connectivity index (χ4n) is 1.47. The van der Waals surface area contributed by atoms with E-state index in [9.17, 15) is 0 Å². The van der Waals surface area contributed by atoms with Crippen molar-refractivity contribution in [1.82, 2.24) is 4.98 Å². The van der Waals surface area contributed by atoms with Gasteiger partial charge in [-0.25, -0.2) is 4.98 Å². The highest BCUT2D eigenvalue weighted by Gasteiger charge is 2.18. The molecular formula is C9H12ClNS2. The minimum absolute atomic E-state index is 0.606. The molecule has 1 aliphatic rings. The van der Waals surface area contributed by atoms with Crippen molar-refractivity contribution in [1.29, 1.82) is 0 Å². The summed E-state index contributed by atoms with van der Waals surface area (Å²) < 4.78 is 0. The molecule has 0 amide bonds. The molecule has 0 aromatic carbocycles. The first-order chi connectivity index (χ1) is 6.40. The van der Waals surface area contributed by atoms with Gasteiger partial charge >= 0.3 is 0 Å². The summed E-state index contributed by atoms with van der Waals surface area (Å²) in [7, 11) is 0. The Hall–Kier alpha value is 0.270. The van der Waals surface area contributed by atoms with Crippen LogP contribution in [0.15, 0.2) is 6.20 Å². The fourth-order valence-corrected chi connectivity index (χ4v) is 4.03. The molecule has 1 fully saturated rings. The third kappa shape index (κ3) is 2.39. The van der Waals surface area contributed by atoms with Crippen molar-refractivity contribution in [3.05, 3.63) is 16.1 Å². The Kier molecular flexibility index (Phi) is 3.52. The normalized spacial score (nSPS) is 23.3. The molecule has 1 aromatic heterocycles. The van der Waals surface area contributed by atoms with Crippen LogP contribution in [0.2, 0.25) is 0 Å². The lowest BCUT2D eigenvalue weighted by atomic mass is 10.2. The van der Waals surface area contributed by atoms with Crippen LogP contribution < -0.4 is 0 Å². The van der Waals surface area contributed by atoms with Gasteiger partial charge in [0.2, 0.25) is 0 Å². The zero-order chi connectivity index (χ0) is 9.10. The van der Waals surface area contributed by atoms with Crippen molar-refractivity contribution in [3.63, 3.8) is 0 Å². The number of hydrogen-bond donors (Lipinski definition) is 0. The molecule has 1 aliphatic heterocycles. The van der Waals surface area contributed by atoms with Crippen molar-refractivity contribution in [2.45, 2.75) is 30.4 Å². The van der Waals surface area contributed by atoms with E-state index in [2.05, 4.69) is 4.98 Å². The van der Waals surface area contributed by atoms with Gasteiger partial charge in [-0.15, -0.1) is 22.9 Å². The Morgan fingerprint density at radius 2 is 2.46 bits per heavy atom. The van der Waals surface area contributed by atoms with Crippen molar-refractivity contribution in [2.75, 3.05) is 5.75 Å². The molecule has 1 aromatic rings. The van der Waals surface area contributed by atoms with E-state index in [1.807, 2.05) is 18.0 Å². The second kappa shape index (κ2) is 4.67. The first kappa shape index (κ1) is 9.81. The number of halogens is 1. The number of aromatic nitrogens is 1. The van der Waals surface area contributed by atoms with E-state index in [1.54, 1.807) is 11.3 Å². The maximum atomic E-state index is 5.74. The van der Waals surface area contributed by atoms with Gasteiger partial charge in [-0.2, -0.15) is 11.8 Å². The molecule has 0 bridgehead atoms. The van der Waals surface area contributed by atoms with Gasteiger partial charge in [0.05, 0.1) is 11.1 Å². The monoisotopic (exact) mass is 233 g/mol. The summed E-state index contributed by atoms with van der Waals surface area (Å²) in [6.07, 6.45) is 5.93. The minimum atomic E-state index is 0.606. The predicted molar refractivity (Wildman–Crippen MR) is 60.7 cm³/mol. The van der Waals surface area contributed by atoms with Gasteiger partial charge in [0.15, 0.2) is 0 Å². The van der Waals surface area contributed by atoms with E-state index in [4.69, 9.17) is 11.6 Å². The van der Waals surface area contributed by atoms with Crippen LogP contribution in [0.25, 0.3) is 0 Å². The molecule has 0 radical (unpaired) electrons. The summed E-state index contributed by atoms with van der Waals surface area (Å²) in [5, 5.41) is 1.93. The molecule has 4 heteroatoms. The molecular weight excluding hydrogens is 222 g/mol. The molecule has 1 saturated heterocycles. The van der Waals surface area contributed by atoms with Crippen molar-refractivity contribution in [2.24, 2.45) is 0 Å². The van der Waals surface area contributed by atoms with Gasteiger partial charge in [-0.05, 0) is 18.6 Å². The highest BCUT2D eigenvalue weighted by Crippen LogP contribution is 2.39. The number of thioether (sulfide) groups is 1. The molecule has 0 N–H and O–H groups in total. The van der Waals surface area contributed by atoms with E-state index >= 15 is 0 Å².